The van der Waals surface area contributed by atoms with Crippen molar-refractivity contribution in [2.75, 3.05) is 5.75 Å². The molecule has 0 saturated heterocycles. The summed E-state index contributed by atoms with van der Waals surface area (Å²) in [6, 6.07) is 0.215. The summed E-state index contributed by atoms with van der Waals surface area (Å²) in [5.74, 6) is 0.920. The molecule has 15 heavy (non-hydrogen) atoms. The summed E-state index contributed by atoms with van der Waals surface area (Å²) >= 11 is 2.87. The van der Waals surface area contributed by atoms with Gasteiger partial charge in [-0.3, -0.25) is 4.79 Å². The summed E-state index contributed by atoms with van der Waals surface area (Å²) < 4.78 is 0.836. The fraction of sp³-hybridized carbons (Fsp3) is 0.667. The van der Waals surface area contributed by atoms with Crippen LogP contribution in [-0.4, -0.2) is 27.9 Å². The second-order valence-electron chi connectivity index (χ2n) is 3.59. The third-order valence-electron chi connectivity index (χ3n) is 2.06. The van der Waals surface area contributed by atoms with Crippen LogP contribution >= 0.6 is 23.1 Å². The lowest BCUT2D eigenvalue weighted by molar-refractivity contribution is -0.119. The molecule has 0 fully saturated rings. The first-order valence-electron chi connectivity index (χ1n) is 4.78. The summed E-state index contributed by atoms with van der Waals surface area (Å²) in [5, 5.41) is 10.5. The van der Waals surface area contributed by atoms with Gasteiger partial charge in [0.15, 0.2) is 4.34 Å². The molecule has 0 bridgehead atoms. The molecule has 0 aliphatic rings. The van der Waals surface area contributed by atoms with Crippen molar-refractivity contribution in [3.63, 3.8) is 0 Å². The summed E-state index contributed by atoms with van der Waals surface area (Å²) in [5.41, 5.74) is 1.66. The average Bonchev–Trinajstić information content (AvgIpc) is 2.66. The van der Waals surface area contributed by atoms with Gasteiger partial charge in [0.1, 0.15) is 5.51 Å². The van der Waals surface area contributed by atoms with E-state index in [-0.39, 0.29) is 11.9 Å². The van der Waals surface area contributed by atoms with Gasteiger partial charge in [0.05, 0.1) is 5.75 Å². The number of hydrogen-bond donors (Lipinski definition) is 1. The van der Waals surface area contributed by atoms with Crippen molar-refractivity contribution in [1.82, 2.24) is 15.5 Å². The van der Waals surface area contributed by atoms with Crippen molar-refractivity contribution < 1.29 is 4.79 Å². The monoisotopic (exact) mass is 245 g/mol. The smallest absolute Gasteiger partial charge is 0.230 e. The number of hydrogen-bond acceptors (Lipinski definition) is 5. The number of aromatic nitrogens is 2. The van der Waals surface area contributed by atoms with Crippen LogP contribution in [-0.2, 0) is 4.79 Å². The van der Waals surface area contributed by atoms with E-state index in [4.69, 9.17) is 0 Å². The number of rotatable bonds is 5. The highest BCUT2D eigenvalue weighted by Crippen LogP contribution is 2.18. The van der Waals surface area contributed by atoms with Crippen LogP contribution in [0.15, 0.2) is 9.85 Å². The Labute approximate surface area is 97.9 Å². The van der Waals surface area contributed by atoms with Gasteiger partial charge < -0.3 is 5.32 Å². The Morgan fingerprint density at radius 3 is 2.87 bits per heavy atom. The highest BCUT2D eigenvalue weighted by molar-refractivity contribution is 8.01. The molecule has 4 nitrogen and oxygen atoms in total. The molecule has 0 aliphatic heterocycles. The lowest BCUT2D eigenvalue weighted by atomic mass is 10.1. The van der Waals surface area contributed by atoms with Gasteiger partial charge in [-0.25, -0.2) is 0 Å². The highest BCUT2D eigenvalue weighted by atomic mass is 32.2. The summed E-state index contributed by atoms with van der Waals surface area (Å²) in [4.78, 5) is 11.5. The van der Waals surface area contributed by atoms with Gasteiger partial charge in [-0.1, -0.05) is 36.9 Å². The van der Waals surface area contributed by atoms with Crippen LogP contribution in [0.2, 0.25) is 0 Å². The van der Waals surface area contributed by atoms with E-state index >= 15 is 0 Å². The molecular weight excluding hydrogens is 230 g/mol. The molecular formula is C9H15N3OS2. The molecule has 1 aromatic heterocycles. The Morgan fingerprint density at radius 2 is 2.33 bits per heavy atom. The molecule has 1 N–H and O–H groups in total. The van der Waals surface area contributed by atoms with Crippen LogP contribution in [0, 0.1) is 5.92 Å². The van der Waals surface area contributed by atoms with Crippen molar-refractivity contribution in [1.29, 1.82) is 0 Å². The fourth-order valence-corrected chi connectivity index (χ4v) is 2.11. The van der Waals surface area contributed by atoms with E-state index < -0.39 is 0 Å². The van der Waals surface area contributed by atoms with Crippen LogP contribution < -0.4 is 5.32 Å². The Bertz CT molecular complexity index is 300. The Balaban J connectivity index is 2.25. The van der Waals surface area contributed by atoms with Gasteiger partial charge in [-0.05, 0) is 12.8 Å². The van der Waals surface area contributed by atoms with E-state index in [0.29, 0.717) is 11.7 Å². The lowest BCUT2D eigenvalue weighted by Gasteiger charge is -2.16. The quantitative estimate of drug-likeness (QED) is 0.804. The fourth-order valence-electron chi connectivity index (χ4n) is 0.815. The van der Waals surface area contributed by atoms with Crippen molar-refractivity contribution in [2.24, 2.45) is 5.92 Å². The molecule has 0 unspecified atom stereocenters. The molecule has 0 saturated carbocycles. The van der Waals surface area contributed by atoms with E-state index in [1.54, 1.807) is 5.51 Å². The lowest BCUT2D eigenvalue weighted by Crippen LogP contribution is -2.37. The van der Waals surface area contributed by atoms with Gasteiger partial charge in [0.25, 0.3) is 0 Å². The van der Waals surface area contributed by atoms with Gasteiger partial charge in [0.2, 0.25) is 5.91 Å². The molecule has 1 amide bonds. The van der Waals surface area contributed by atoms with Crippen molar-refractivity contribution in [2.45, 2.75) is 31.2 Å². The van der Waals surface area contributed by atoms with Crippen molar-refractivity contribution in [3.8, 4) is 0 Å². The predicted octanol–water partition coefficient (Wildman–Crippen LogP) is 1.79. The topological polar surface area (TPSA) is 54.9 Å². The van der Waals surface area contributed by atoms with Crippen LogP contribution in [0.1, 0.15) is 20.8 Å². The third-order valence-corrected chi connectivity index (χ3v) is 3.92. The number of nitrogens with zero attached hydrogens (tertiary/aromatic N) is 2. The number of thioether (sulfide) groups is 1. The summed E-state index contributed by atoms with van der Waals surface area (Å²) in [7, 11) is 0. The van der Waals surface area contributed by atoms with Gasteiger partial charge in [0, 0.05) is 6.04 Å². The van der Waals surface area contributed by atoms with E-state index in [0.717, 1.165) is 4.34 Å². The highest BCUT2D eigenvalue weighted by Gasteiger charge is 2.11. The molecule has 1 heterocycles. The van der Waals surface area contributed by atoms with Crippen LogP contribution in [0.3, 0.4) is 0 Å². The minimum absolute atomic E-state index is 0.0522. The maximum Gasteiger partial charge on any atom is 0.230 e. The van der Waals surface area contributed by atoms with E-state index in [9.17, 15) is 4.79 Å². The zero-order chi connectivity index (χ0) is 11.3. The molecule has 0 aliphatic carbocycles. The normalized spacial score (nSPS) is 12.8. The first-order chi connectivity index (χ1) is 7.09. The second-order valence-corrected chi connectivity index (χ2v) is 5.65. The summed E-state index contributed by atoms with van der Waals surface area (Å²) in [6.07, 6.45) is 0. The zero-order valence-corrected chi connectivity index (χ0v) is 10.7. The minimum Gasteiger partial charge on any atom is -0.353 e. The molecule has 84 valence electrons. The first kappa shape index (κ1) is 12.4. The molecule has 1 atom stereocenters. The van der Waals surface area contributed by atoms with Crippen LogP contribution in [0.5, 0.6) is 0 Å². The van der Waals surface area contributed by atoms with E-state index in [1.165, 1.54) is 23.1 Å². The Kier molecular flexibility index (Phi) is 5.04. The molecule has 0 radical (unpaired) electrons. The zero-order valence-electron chi connectivity index (χ0n) is 9.06. The Hall–Kier alpha value is -0.620. The van der Waals surface area contributed by atoms with Crippen LogP contribution in [0.25, 0.3) is 0 Å². The van der Waals surface area contributed by atoms with Crippen LogP contribution in [0.4, 0.5) is 0 Å². The molecule has 1 aromatic rings. The molecule has 0 spiro atoms. The third kappa shape index (κ3) is 4.61. The number of carbonyl (C=O) groups is 1. The minimum atomic E-state index is 0.0522. The van der Waals surface area contributed by atoms with E-state index in [2.05, 4.69) is 29.4 Å². The number of nitrogens with one attached hydrogen (secondary N) is 1. The molecule has 0 aromatic carbocycles. The summed E-state index contributed by atoms with van der Waals surface area (Å²) in [6.45, 7) is 6.18. The SMILES string of the molecule is CC(C)[C@@H](C)NC(=O)CSc1nncs1. The van der Waals surface area contributed by atoms with Gasteiger partial charge >= 0.3 is 0 Å². The van der Waals surface area contributed by atoms with E-state index in [1.807, 2.05) is 6.92 Å². The maximum absolute atomic E-state index is 11.5. The largest absolute Gasteiger partial charge is 0.353 e. The first-order valence-corrected chi connectivity index (χ1v) is 6.64. The van der Waals surface area contributed by atoms with Gasteiger partial charge in [-0.2, -0.15) is 0 Å². The number of carbonyl (C=O) groups excluding carboxylic acids is 1. The maximum atomic E-state index is 11.5. The predicted molar refractivity (Wildman–Crippen MR) is 63.1 cm³/mol. The van der Waals surface area contributed by atoms with Gasteiger partial charge in [-0.15, -0.1) is 10.2 Å². The van der Waals surface area contributed by atoms with Crippen molar-refractivity contribution >= 4 is 29.0 Å². The standard InChI is InChI=1S/C9H15N3OS2/c1-6(2)7(3)11-8(13)4-14-9-12-10-5-15-9/h5-7H,4H2,1-3H3,(H,11,13)/t7-/m1/s1. The number of amides is 1. The Morgan fingerprint density at radius 1 is 1.60 bits per heavy atom. The molecule has 1 rings (SSSR count). The molecule has 6 heteroatoms. The van der Waals surface area contributed by atoms with Crippen molar-refractivity contribution in [3.05, 3.63) is 5.51 Å². The average molecular weight is 245 g/mol. The second kappa shape index (κ2) is 6.07.